The van der Waals surface area contributed by atoms with Crippen molar-refractivity contribution in [3.8, 4) is 0 Å². The van der Waals surface area contributed by atoms with Gasteiger partial charge < -0.3 is 6.42 Å². The maximum absolute atomic E-state index is 8.19. The summed E-state index contributed by atoms with van der Waals surface area (Å²) in [5.74, 6) is 0. The zero-order chi connectivity index (χ0) is 9.82. The van der Waals surface area contributed by atoms with E-state index in [1.807, 2.05) is 50.6 Å². The van der Waals surface area contributed by atoms with Gasteiger partial charge in [-0.05, 0) is 0 Å². The van der Waals surface area contributed by atoms with Crippen molar-refractivity contribution in [2.75, 3.05) is 0 Å². The number of hydrogen-bond donors (Lipinski definition) is 0. The zero-order valence-corrected chi connectivity index (χ0v) is 11.4. The Morgan fingerprint density at radius 2 is 1.36 bits per heavy atom. The van der Waals surface area contributed by atoms with Crippen LogP contribution >= 0.6 is 24.8 Å². The molecule has 0 N–H and O–H groups in total. The quantitative estimate of drug-likeness (QED) is 0.657. The molecule has 0 radical (unpaired) electrons. The van der Waals surface area contributed by atoms with Crippen LogP contribution in [0.15, 0.2) is 30.3 Å². The fourth-order valence-electron chi connectivity index (χ4n) is 0.478. The van der Waals surface area contributed by atoms with Crippen molar-refractivity contribution >= 4 is 24.8 Å². The molecular weight excluding hydrogens is 258 g/mol. The van der Waals surface area contributed by atoms with Crippen LogP contribution in [0.25, 0.3) is 0 Å². The molecule has 0 unspecified atom stereocenters. The van der Waals surface area contributed by atoms with Crippen LogP contribution in [0.3, 0.4) is 0 Å². The van der Waals surface area contributed by atoms with Crippen LogP contribution in [0.2, 0.25) is 0 Å². The van der Waals surface area contributed by atoms with Gasteiger partial charge in [0, 0.05) is 0 Å². The Kier molecular flexibility index (Phi) is 39.2. The molecule has 1 rings (SSSR count). The Morgan fingerprint density at radius 3 is 1.50 bits per heavy atom. The minimum absolute atomic E-state index is 0. The predicted octanol–water partition coefficient (Wildman–Crippen LogP) is 3.82. The molecule has 0 aliphatic rings. The molecule has 0 atom stereocenters. The first-order valence-electron chi connectivity index (χ1n) is 3.60. The molecule has 0 bridgehead atoms. The molecular formula is C10H16Cl2OV. The number of benzene rings is 1. The van der Waals surface area contributed by atoms with Crippen LogP contribution in [-0.4, -0.2) is 0 Å². The minimum atomic E-state index is 0. The van der Waals surface area contributed by atoms with E-state index < -0.39 is 0 Å². The summed E-state index contributed by atoms with van der Waals surface area (Å²) in [4.78, 5) is 0. The second kappa shape index (κ2) is 23.1. The fourth-order valence-corrected chi connectivity index (χ4v) is 0.478. The monoisotopic (exact) mass is 273 g/mol. The van der Waals surface area contributed by atoms with E-state index in [1.165, 1.54) is 0 Å². The Balaban J connectivity index is -0.0000000633. The Bertz CT molecular complexity index is 171. The summed E-state index contributed by atoms with van der Waals surface area (Å²) in [6.45, 7) is 7.72. The van der Waals surface area contributed by atoms with E-state index in [0.29, 0.717) is 0 Å². The van der Waals surface area contributed by atoms with Gasteiger partial charge in [-0.2, -0.15) is 38.5 Å². The van der Waals surface area contributed by atoms with E-state index in [1.54, 1.807) is 0 Å². The third-order valence-electron chi connectivity index (χ3n) is 0.843. The standard InChI is InChI=1S/C7H7.C3H7.2ClH.O.V/c1-7-5-3-2-4-6-7;1-3-2;;;;/h2-6H,1H2;3H,1-2H3;2*1H;;/q2*-1;;;;+2. The van der Waals surface area contributed by atoms with Crippen molar-refractivity contribution in [3.63, 3.8) is 0 Å². The van der Waals surface area contributed by atoms with Crippen molar-refractivity contribution in [2.45, 2.75) is 13.8 Å². The van der Waals surface area contributed by atoms with Gasteiger partial charge in [0.2, 0.25) is 0 Å². The van der Waals surface area contributed by atoms with E-state index in [9.17, 15) is 0 Å². The molecule has 0 heterocycles. The molecule has 1 aromatic rings. The van der Waals surface area contributed by atoms with Gasteiger partial charge in [-0.3, -0.25) is 0 Å². The molecule has 0 saturated carbocycles. The molecule has 1 aromatic carbocycles. The molecule has 81 valence electrons. The van der Waals surface area contributed by atoms with Gasteiger partial charge in [-0.15, -0.1) is 36.9 Å². The second-order valence-corrected chi connectivity index (χ2v) is 2.06. The first kappa shape index (κ1) is 23.7. The summed E-state index contributed by atoms with van der Waals surface area (Å²) in [6.07, 6.45) is 2.00. The third kappa shape index (κ3) is 22.7. The van der Waals surface area contributed by atoms with Gasteiger partial charge in [0.15, 0.2) is 0 Å². The second-order valence-electron chi connectivity index (χ2n) is 2.06. The summed E-state index contributed by atoms with van der Waals surface area (Å²) < 4.78 is 8.19. The fraction of sp³-hybridized carbons (Fsp3) is 0.200. The molecule has 0 fully saturated rings. The van der Waals surface area contributed by atoms with Crippen molar-refractivity contribution in [1.29, 1.82) is 0 Å². The van der Waals surface area contributed by atoms with Crippen LogP contribution in [0, 0.1) is 13.3 Å². The molecule has 0 aliphatic carbocycles. The van der Waals surface area contributed by atoms with Crippen LogP contribution in [0.5, 0.6) is 0 Å². The summed E-state index contributed by atoms with van der Waals surface area (Å²) in [5.41, 5.74) is 1.07. The predicted molar refractivity (Wildman–Crippen MR) is 61.7 cm³/mol. The van der Waals surface area contributed by atoms with Gasteiger partial charge >= 0.3 is 21.0 Å². The van der Waals surface area contributed by atoms with Crippen molar-refractivity contribution in [3.05, 3.63) is 49.2 Å². The van der Waals surface area contributed by atoms with E-state index in [-0.39, 0.29) is 24.8 Å². The van der Waals surface area contributed by atoms with Crippen LogP contribution in [0.4, 0.5) is 0 Å². The number of hydrogen-bond acceptors (Lipinski definition) is 1. The summed E-state index contributed by atoms with van der Waals surface area (Å²) in [7, 11) is 0. The summed E-state index contributed by atoms with van der Waals surface area (Å²) in [6, 6.07) is 9.87. The van der Waals surface area contributed by atoms with Crippen LogP contribution in [-0.2, 0) is 21.0 Å². The molecule has 0 saturated heterocycles. The van der Waals surface area contributed by atoms with Gasteiger partial charge in [0.25, 0.3) is 0 Å². The normalized spacial score (nSPS) is 6.00. The first-order chi connectivity index (χ1) is 5.81. The van der Waals surface area contributed by atoms with Crippen molar-refractivity contribution < 1.29 is 21.0 Å². The van der Waals surface area contributed by atoms with Gasteiger partial charge in [-0.25, -0.2) is 0 Å². The third-order valence-corrected chi connectivity index (χ3v) is 0.843. The van der Waals surface area contributed by atoms with Gasteiger partial charge in [0.1, 0.15) is 0 Å². The van der Waals surface area contributed by atoms with E-state index in [2.05, 4.69) is 6.92 Å². The van der Waals surface area contributed by atoms with E-state index >= 15 is 0 Å². The maximum atomic E-state index is 8.19. The van der Waals surface area contributed by atoms with Gasteiger partial charge in [-0.1, -0.05) is 6.07 Å². The molecule has 14 heavy (non-hydrogen) atoms. The summed E-state index contributed by atoms with van der Waals surface area (Å²) in [5, 5.41) is 0. The Morgan fingerprint density at radius 1 is 1.07 bits per heavy atom. The topological polar surface area (TPSA) is 17.1 Å². The number of rotatable bonds is 0. The van der Waals surface area contributed by atoms with E-state index in [4.69, 9.17) is 3.67 Å². The average molecular weight is 274 g/mol. The molecule has 0 amide bonds. The summed E-state index contributed by atoms with van der Waals surface area (Å²) >= 11 is 1.06. The van der Waals surface area contributed by atoms with Gasteiger partial charge in [0.05, 0.1) is 0 Å². The Labute approximate surface area is 109 Å². The average Bonchev–Trinajstić information content (AvgIpc) is 2.11. The van der Waals surface area contributed by atoms with Crippen LogP contribution in [0.1, 0.15) is 19.4 Å². The molecule has 0 spiro atoms. The molecule has 1 nitrogen and oxygen atoms in total. The number of halogens is 2. The van der Waals surface area contributed by atoms with Crippen molar-refractivity contribution in [2.24, 2.45) is 0 Å². The van der Waals surface area contributed by atoms with E-state index in [0.717, 1.165) is 22.9 Å². The van der Waals surface area contributed by atoms with Crippen molar-refractivity contribution in [1.82, 2.24) is 0 Å². The zero-order valence-electron chi connectivity index (χ0n) is 8.34. The molecule has 0 aliphatic heterocycles. The molecule has 4 heteroatoms. The van der Waals surface area contributed by atoms with Crippen LogP contribution < -0.4 is 0 Å². The SMILES string of the molecule is C[CH-]C.Cl.Cl.[CH2-]c1ccccc1.[O]=[V+2]. The Hall–Kier alpha value is 0.0544. The first-order valence-corrected chi connectivity index (χ1v) is 4.17. The molecule has 0 aromatic heterocycles.